The van der Waals surface area contributed by atoms with E-state index in [4.69, 9.17) is 18.9 Å². The number of rotatable bonds is 2. The van der Waals surface area contributed by atoms with E-state index in [9.17, 15) is 14.4 Å². The zero-order valence-corrected chi connectivity index (χ0v) is 14.3. The molecule has 7 nitrogen and oxygen atoms in total. The Kier molecular flexibility index (Phi) is 3.06. The first kappa shape index (κ1) is 16.0. The molecule has 1 saturated heterocycles. The fraction of sp³-hybridized carbons (Fsp3) is 0.824. The van der Waals surface area contributed by atoms with Crippen LogP contribution in [0.5, 0.6) is 0 Å². The summed E-state index contributed by atoms with van der Waals surface area (Å²) in [6, 6.07) is 0. The van der Waals surface area contributed by atoms with Gasteiger partial charge in [0.25, 0.3) is 5.41 Å². The van der Waals surface area contributed by atoms with E-state index in [0.717, 1.165) is 12.8 Å². The Morgan fingerprint density at radius 1 is 1.12 bits per heavy atom. The van der Waals surface area contributed by atoms with Crippen molar-refractivity contribution >= 4 is 17.7 Å². The summed E-state index contributed by atoms with van der Waals surface area (Å²) < 4.78 is 22.2. The average Bonchev–Trinajstić information content (AvgIpc) is 2.96. The quantitative estimate of drug-likeness (QED) is 0.544. The third-order valence-corrected chi connectivity index (χ3v) is 6.39. The van der Waals surface area contributed by atoms with E-state index in [0.29, 0.717) is 6.42 Å². The van der Waals surface area contributed by atoms with Crippen molar-refractivity contribution in [3.05, 3.63) is 0 Å². The van der Waals surface area contributed by atoms with E-state index < -0.39 is 46.5 Å². The summed E-state index contributed by atoms with van der Waals surface area (Å²) in [4.78, 5) is 39.0. The van der Waals surface area contributed by atoms with Crippen LogP contribution in [-0.4, -0.2) is 49.4 Å². The van der Waals surface area contributed by atoms with Crippen LogP contribution in [0.25, 0.3) is 0 Å². The van der Waals surface area contributed by atoms with Crippen molar-refractivity contribution in [2.75, 3.05) is 14.2 Å². The van der Waals surface area contributed by atoms with Crippen LogP contribution in [0.4, 0.5) is 0 Å². The largest absolute Gasteiger partial charge is 0.468 e. The predicted molar refractivity (Wildman–Crippen MR) is 78.6 cm³/mol. The minimum atomic E-state index is -2.10. The van der Waals surface area contributed by atoms with Crippen LogP contribution in [0, 0.1) is 23.2 Å². The Morgan fingerprint density at radius 2 is 1.75 bits per heavy atom. The highest BCUT2D eigenvalue weighted by Crippen LogP contribution is 2.70. The van der Waals surface area contributed by atoms with Gasteiger partial charge >= 0.3 is 11.9 Å². The molecule has 4 saturated carbocycles. The average molecular weight is 338 g/mol. The molecule has 5 fully saturated rings. The zero-order valence-electron chi connectivity index (χ0n) is 14.3. The van der Waals surface area contributed by atoms with E-state index in [1.54, 1.807) is 13.8 Å². The Labute approximate surface area is 139 Å². The van der Waals surface area contributed by atoms with Crippen molar-refractivity contribution in [2.24, 2.45) is 23.2 Å². The maximum absolute atomic E-state index is 13.3. The molecule has 0 aromatic carbocycles. The summed E-state index contributed by atoms with van der Waals surface area (Å²) in [7, 11) is 2.35. The second kappa shape index (κ2) is 4.58. The molecule has 7 heteroatoms. The van der Waals surface area contributed by atoms with Crippen molar-refractivity contribution in [1.29, 1.82) is 0 Å². The number of fused-ring (bicyclic) bond motifs is 1. The molecule has 24 heavy (non-hydrogen) atoms. The molecule has 0 radical (unpaired) electrons. The molecule has 5 aliphatic rings. The van der Waals surface area contributed by atoms with Gasteiger partial charge in [0.2, 0.25) is 0 Å². The van der Waals surface area contributed by atoms with E-state index in [-0.39, 0.29) is 11.8 Å². The second-order valence-corrected chi connectivity index (χ2v) is 7.72. The van der Waals surface area contributed by atoms with E-state index in [1.165, 1.54) is 14.2 Å². The van der Waals surface area contributed by atoms with Crippen molar-refractivity contribution in [3.8, 4) is 0 Å². The molecule has 0 aromatic heterocycles. The zero-order chi connectivity index (χ0) is 17.5. The van der Waals surface area contributed by atoms with Gasteiger partial charge in [-0.2, -0.15) is 0 Å². The monoisotopic (exact) mass is 338 g/mol. The fourth-order valence-electron chi connectivity index (χ4n) is 5.84. The van der Waals surface area contributed by atoms with Crippen molar-refractivity contribution in [1.82, 2.24) is 0 Å². The van der Waals surface area contributed by atoms with Gasteiger partial charge in [0.15, 0.2) is 11.6 Å². The van der Waals surface area contributed by atoms with Crippen LogP contribution in [0.15, 0.2) is 0 Å². The summed E-state index contributed by atoms with van der Waals surface area (Å²) in [5, 5.41) is 0. The van der Waals surface area contributed by atoms with Crippen molar-refractivity contribution < 1.29 is 33.3 Å². The highest BCUT2D eigenvalue weighted by atomic mass is 16.8. The van der Waals surface area contributed by atoms with E-state index in [2.05, 4.69) is 0 Å². The third kappa shape index (κ3) is 1.45. The lowest BCUT2D eigenvalue weighted by molar-refractivity contribution is -0.218. The highest BCUT2D eigenvalue weighted by molar-refractivity contribution is 6.24. The Hall–Kier alpha value is -1.47. The fourth-order valence-corrected chi connectivity index (χ4v) is 5.84. The third-order valence-electron chi connectivity index (χ3n) is 6.39. The van der Waals surface area contributed by atoms with Gasteiger partial charge in [-0.05, 0) is 39.0 Å². The lowest BCUT2D eigenvalue weighted by Crippen LogP contribution is -2.68. The topological polar surface area (TPSA) is 88.1 Å². The van der Waals surface area contributed by atoms with Gasteiger partial charge in [-0.15, -0.1) is 0 Å². The molecule has 1 heterocycles. The number of methoxy groups -OCH3 is 2. The highest BCUT2D eigenvalue weighted by Gasteiger charge is 2.87. The van der Waals surface area contributed by atoms with Crippen molar-refractivity contribution in [3.63, 3.8) is 0 Å². The first-order chi connectivity index (χ1) is 11.3. The van der Waals surface area contributed by atoms with Crippen LogP contribution in [-0.2, 0) is 33.3 Å². The normalized spacial score (nSPS) is 43.4. The minimum Gasteiger partial charge on any atom is -0.468 e. The minimum absolute atomic E-state index is 0.0851. The van der Waals surface area contributed by atoms with Gasteiger partial charge in [-0.3, -0.25) is 14.4 Å². The summed E-state index contributed by atoms with van der Waals surface area (Å²) >= 11 is 0. The molecule has 5 unspecified atom stereocenters. The molecule has 0 aromatic rings. The molecule has 1 aliphatic heterocycles. The lowest BCUT2D eigenvalue weighted by atomic mass is 9.56. The number of esters is 2. The number of carbonyl (C=O) groups is 3. The SMILES string of the molecule is COC(=O)C1(C(=O)OC)C(=O)C2CC3CCC2C12OC(C)(C)OC32. The number of hydrogen-bond donors (Lipinski definition) is 0. The molecule has 5 rings (SSSR count). The Bertz CT molecular complexity index is 623. The maximum Gasteiger partial charge on any atom is 0.334 e. The van der Waals surface area contributed by atoms with Crippen LogP contribution < -0.4 is 0 Å². The van der Waals surface area contributed by atoms with Gasteiger partial charge in [0.1, 0.15) is 5.60 Å². The number of carbonyl (C=O) groups excluding carboxylic acids is 3. The molecule has 4 aliphatic carbocycles. The molecular formula is C17H22O7. The van der Waals surface area contributed by atoms with E-state index in [1.807, 2.05) is 0 Å². The maximum atomic E-state index is 13.3. The number of Topliss-reactive ketones (excluding diaryl/α,β-unsaturated/α-hetero) is 1. The van der Waals surface area contributed by atoms with Crippen LogP contribution in [0.2, 0.25) is 0 Å². The van der Waals surface area contributed by atoms with E-state index >= 15 is 0 Å². The first-order valence-electron chi connectivity index (χ1n) is 8.35. The van der Waals surface area contributed by atoms with Gasteiger partial charge in [-0.1, -0.05) is 0 Å². The molecule has 4 bridgehead atoms. The molecule has 1 spiro atoms. The van der Waals surface area contributed by atoms with Crippen LogP contribution >= 0.6 is 0 Å². The summed E-state index contributed by atoms with van der Waals surface area (Å²) in [6.07, 6.45) is 1.75. The van der Waals surface area contributed by atoms with Crippen LogP contribution in [0.3, 0.4) is 0 Å². The standard InChI is InChI=1S/C17H22O7/c1-15(2)23-12-8-5-6-10-9(7-8)11(18)16(13(19)21-3,14(20)22-4)17(10,12)24-15/h8-10,12H,5-7H2,1-4H3. The van der Waals surface area contributed by atoms with Crippen molar-refractivity contribution in [2.45, 2.75) is 50.6 Å². The van der Waals surface area contributed by atoms with Gasteiger partial charge in [-0.25, -0.2) is 0 Å². The summed E-state index contributed by atoms with van der Waals surface area (Å²) in [5.41, 5.74) is -3.43. The second-order valence-electron chi connectivity index (χ2n) is 7.72. The molecule has 132 valence electrons. The molecule has 5 atom stereocenters. The Balaban J connectivity index is 2.01. The number of hydrogen-bond acceptors (Lipinski definition) is 7. The Morgan fingerprint density at radius 3 is 2.33 bits per heavy atom. The molecular weight excluding hydrogens is 316 g/mol. The van der Waals surface area contributed by atoms with Gasteiger partial charge in [0, 0.05) is 11.8 Å². The predicted octanol–water partition coefficient (Wildman–Crippen LogP) is 0.838. The smallest absolute Gasteiger partial charge is 0.334 e. The molecule has 0 amide bonds. The lowest BCUT2D eigenvalue weighted by Gasteiger charge is -2.51. The first-order valence-corrected chi connectivity index (χ1v) is 8.35. The van der Waals surface area contributed by atoms with Gasteiger partial charge < -0.3 is 18.9 Å². The number of ketones is 1. The summed E-state index contributed by atoms with van der Waals surface area (Å²) in [5.74, 6) is -3.77. The number of ether oxygens (including phenoxy) is 4. The van der Waals surface area contributed by atoms with Gasteiger partial charge in [0.05, 0.1) is 20.3 Å². The molecule has 0 N–H and O–H groups in total. The summed E-state index contributed by atoms with van der Waals surface area (Å²) in [6.45, 7) is 3.49. The van der Waals surface area contributed by atoms with Crippen LogP contribution in [0.1, 0.15) is 33.1 Å².